The second-order valence-electron chi connectivity index (χ2n) is 6.25. The highest BCUT2D eigenvalue weighted by molar-refractivity contribution is 4.33. The summed E-state index contributed by atoms with van der Waals surface area (Å²) in [4.78, 5) is 0. The normalized spacial score (nSPS) is 13.1. The third-order valence-corrected chi connectivity index (χ3v) is 2.18. The summed E-state index contributed by atoms with van der Waals surface area (Å²) in [5.74, 6) is 0. The average molecular weight is 234 g/mol. The Kier molecular flexibility index (Phi) is 7.15. The van der Waals surface area contributed by atoms with E-state index in [0.29, 0.717) is 13.2 Å². The summed E-state index contributed by atoms with van der Waals surface area (Å²) in [5.41, 5.74) is 0. The van der Waals surface area contributed by atoms with Crippen molar-refractivity contribution in [2.45, 2.75) is 0 Å². The first-order valence-corrected chi connectivity index (χ1v) is 5.97. The van der Waals surface area contributed by atoms with E-state index in [1.807, 2.05) is 0 Å². The fourth-order valence-corrected chi connectivity index (χ4v) is 0.999. The molecule has 0 amide bonds. The van der Waals surface area contributed by atoms with Crippen molar-refractivity contribution in [1.82, 2.24) is 0 Å². The Morgan fingerprint density at radius 3 is 1.12 bits per heavy atom. The van der Waals surface area contributed by atoms with Crippen LogP contribution in [0.25, 0.3) is 0 Å². The molecule has 0 atom stereocenters. The second-order valence-corrected chi connectivity index (χ2v) is 6.25. The molecule has 0 aliphatic heterocycles. The molecule has 0 spiro atoms. The van der Waals surface area contributed by atoms with Crippen LogP contribution in [0.5, 0.6) is 0 Å². The molecule has 0 rings (SSSR count). The van der Waals surface area contributed by atoms with Gasteiger partial charge in [-0.3, -0.25) is 0 Å². The smallest absolute Gasteiger partial charge is 0.102 e. The largest absolute Gasteiger partial charge is 0.373 e. The Hall–Kier alpha value is -0.160. The van der Waals surface area contributed by atoms with Gasteiger partial charge in [0.1, 0.15) is 13.1 Å². The highest BCUT2D eigenvalue weighted by atomic mass is 16.5. The van der Waals surface area contributed by atoms with Gasteiger partial charge in [0.2, 0.25) is 0 Å². The van der Waals surface area contributed by atoms with Crippen molar-refractivity contribution in [3.63, 3.8) is 0 Å². The number of ether oxygens (including phenoxy) is 2. The van der Waals surface area contributed by atoms with Crippen LogP contribution in [-0.2, 0) is 9.47 Å². The third kappa shape index (κ3) is 13.8. The van der Waals surface area contributed by atoms with Crippen molar-refractivity contribution in [1.29, 1.82) is 0 Å². The lowest BCUT2D eigenvalue weighted by Crippen LogP contribution is -2.38. The van der Waals surface area contributed by atoms with E-state index in [-0.39, 0.29) is 0 Å². The second kappa shape index (κ2) is 7.22. The van der Waals surface area contributed by atoms with Gasteiger partial charge in [-0.2, -0.15) is 0 Å². The maximum absolute atomic E-state index is 5.50. The van der Waals surface area contributed by atoms with Gasteiger partial charge in [0, 0.05) is 0 Å². The predicted octanol–water partition coefficient (Wildman–Crippen LogP) is 0.432. The van der Waals surface area contributed by atoms with Crippen LogP contribution in [0.3, 0.4) is 0 Å². The molecule has 0 heterocycles. The van der Waals surface area contributed by atoms with E-state index in [2.05, 4.69) is 42.3 Å². The van der Waals surface area contributed by atoms with E-state index >= 15 is 0 Å². The molecule has 0 N–H and O–H groups in total. The number of hydrogen-bond donors (Lipinski definition) is 0. The molecule has 98 valence electrons. The first-order chi connectivity index (χ1) is 7.21. The summed E-state index contributed by atoms with van der Waals surface area (Å²) in [6.07, 6.45) is 0. The van der Waals surface area contributed by atoms with E-state index in [0.717, 1.165) is 35.3 Å². The number of likely N-dealkylation sites (N-methyl/N-ethyl adjacent to an activating group) is 2. The van der Waals surface area contributed by atoms with Crippen LogP contribution in [0.2, 0.25) is 0 Å². The van der Waals surface area contributed by atoms with Crippen molar-refractivity contribution >= 4 is 0 Å². The molecule has 0 aromatic rings. The minimum atomic E-state index is 0.705. The minimum absolute atomic E-state index is 0.705. The molecule has 0 aromatic heterocycles. The summed E-state index contributed by atoms with van der Waals surface area (Å²) >= 11 is 0. The Labute approximate surface area is 101 Å². The molecule has 0 saturated carbocycles. The molecule has 4 heteroatoms. The molecule has 0 fully saturated rings. The zero-order chi connectivity index (χ0) is 12.7. The topological polar surface area (TPSA) is 18.5 Å². The van der Waals surface area contributed by atoms with Crippen LogP contribution in [0.15, 0.2) is 0 Å². The lowest BCUT2D eigenvalue weighted by Gasteiger charge is -2.24. The Morgan fingerprint density at radius 2 is 0.875 bits per heavy atom. The van der Waals surface area contributed by atoms with Crippen LogP contribution in [0, 0.1) is 0 Å². The molecule has 4 nitrogen and oxygen atoms in total. The van der Waals surface area contributed by atoms with Gasteiger partial charge < -0.3 is 18.4 Å². The van der Waals surface area contributed by atoms with Crippen molar-refractivity contribution < 1.29 is 18.4 Å². The third-order valence-electron chi connectivity index (χ3n) is 2.18. The molecule has 0 bridgehead atoms. The fraction of sp³-hybridized carbons (Fsp3) is 1.00. The summed E-state index contributed by atoms with van der Waals surface area (Å²) in [6.45, 7) is 5.11. The summed E-state index contributed by atoms with van der Waals surface area (Å²) in [5, 5.41) is 0. The van der Waals surface area contributed by atoms with Crippen LogP contribution in [0.4, 0.5) is 0 Å². The van der Waals surface area contributed by atoms with Gasteiger partial charge in [-0.15, -0.1) is 0 Å². The Morgan fingerprint density at radius 1 is 0.562 bits per heavy atom. The van der Waals surface area contributed by atoms with E-state index in [4.69, 9.17) is 9.47 Å². The summed E-state index contributed by atoms with van der Waals surface area (Å²) in [6, 6.07) is 0. The number of hydrogen-bond acceptors (Lipinski definition) is 2. The molecule has 0 aromatic carbocycles. The zero-order valence-corrected chi connectivity index (χ0v) is 12.0. The first-order valence-electron chi connectivity index (χ1n) is 5.97. The summed E-state index contributed by atoms with van der Waals surface area (Å²) in [7, 11) is 13.0. The molecule has 16 heavy (non-hydrogen) atoms. The standard InChI is InChI=1S/C12H30N2O2/c1-13(2,3)7-9-15-11-12-16-10-8-14(4,5)6/h7-12H2,1-6H3/q+2. The van der Waals surface area contributed by atoms with Crippen LogP contribution in [0.1, 0.15) is 0 Å². The quantitative estimate of drug-likeness (QED) is 0.425. The number of rotatable bonds is 9. The number of quaternary nitrogens is 2. The van der Waals surface area contributed by atoms with Gasteiger partial charge in [-0.25, -0.2) is 0 Å². The molecular formula is C12H30N2O2+2. The first kappa shape index (κ1) is 15.8. The Bertz CT molecular complexity index is 151. The van der Waals surface area contributed by atoms with Crippen molar-refractivity contribution in [2.24, 2.45) is 0 Å². The summed E-state index contributed by atoms with van der Waals surface area (Å²) < 4.78 is 12.9. The highest BCUT2D eigenvalue weighted by Crippen LogP contribution is 1.91. The molecular weight excluding hydrogens is 204 g/mol. The van der Waals surface area contributed by atoms with Crippen molar-refractivity contribution in [3.05, 3.63) is 0 Å². The lowest BCUT2D eigenvalue weighted by molar-refractivity contribution is -0.871. The average Bonchev–Trinajstić information content (AvgIpc) is 2.06. The van der Waals surface area contributed by atoms with E-state index in [1.54, 1.807) is 0 Å². The van der Waals surface area contributed by atoms with Gasteiger partial charge in [0.15, 0.2) is 0 Å². The zero-order valence-electron chi connectivity index (χ0n) is 12.0. The molecule has 0 radical (unpaired) electrons. The van der Waals surface area contributed by atoms with Gasteiger partial charge in [0.05, 0.1) is 68.7 Å². The molecule has 0 aliphatic carbocycles. The maximum Gasteiger partial charge on any atom is 0.102 e. The van der Waals surface area contributed by atoms with Crippen LogP contribution >= 0.6 is 0 Å². The Balaban J connectivity index is 3.17. The van der Waals surface area contributed by atoms with Crippen LogP contribution in [-0.4, -0.2) is 90.8 Å². The molecule has 0 saturated heterocycles. The monoisotopic (exact) mass is 234 g/mol. The van der Waals surface area contributed by atoms with Crippen LogP contribution < -0.4 is 0 Å². The number of nitrogens with zero attached hydrogens (tertiary/aromatic N) is 2. The van der Waals surface area contributed by atoms with E-state index in [9.17, 15) is 0 Å². The predicted molar refractivity (Wildman–Crippen MR) is 67.4 cm³/mol. The lowest BCUT2D eigenvalue weighted by atomic mass is 10.5. The van der Waals surface area contributed by atoms with Gasteiger partial charge in [-0.05, 0) is 0 Å². The van der Waals surface area contributed by atoms with Gasteiger partial charge >= 0.3 is 0 Å². The van der Waals surface area contributed by atoms with E-state index in [1.165, 1.54) is 0 Å². The van der Waals surface area contributed by atoms with Gasteiger partial charge in [0.25, 0.3) is 0 Å². The molecule has 0 aliphatic rings. The SMILES string of the molecule is C[N+](C)(C)CCOCCOCC[N+](C)(C)C. The van der Waals surface area contributed by atoms with E-state index < -0.39 is 0 Å². The van der Waals surface area contributed by atoms with Gasteiger partial charge in [-0.1, -0.05) is 0 Å². The maximum atomic E-state index is 5.50. The fourth-order valence-electron chi connectivity index (χ4n) is 0.999. The van der Waals surface area contributed by atoms with Crippen molar-refractivity contribution in [2.75, 3.05) is 81.8 Å². The highest BCUT2D eigenvalue weighted by Gasteiger charge is 2.06. The van der Waals surface area contributed by atoms with Crippen molar-refractivity contribution in [3.8, 4) is 0 Å². The molecule has 0 unspecified atom stereocenters. The minimum Gasteiger partial charge on any atom is -0.373 e.